The number of carbonyl (C=O) groups is 2. The van der Waals surface area contributed by atoms with Crippen molar-refractivity contribution in [1.29, 1.82) is 0 Å². The average Bonchev–Trinajstić information content (AvgIpc) is 3.26. The van der Waals surface area contributed by atoms with Crippen molar-refractivity contribution in [2.75, 3.05) is 13.2 Å². The van der Waals surface area contributed by atoms with E-state index >= 15 is 0 Å². The van der Waals surface area contributed by atoms with Crippen LogP contribution in [0.3, 0.4) is 0 Å². The van der Waals surface area contributed by atoms with Crippen molar-refractivity contribution in [3.8, 4) is 0 Å². The van der Waals surface area contributed by atoms with Crippen LogP contribution in [0, 0.1) is 0 Å². The predicted octanol–water partition coefficient (Wildman–Crippen LogP) is 16.3. The van der Waals surface area contributed by atoms with E-state index in [-0.39, 0.29) is 18.5 Å². The van der Waals surface area contributed by atoms with Gasteiger partial charge in [0.05, 0.1) is 25.4 Å². The maximum atomic E-state index is 12.4. The summed E-state index contributed by atoms with van der Waals surface area (Å²) in [4.78, 5) is 24.4. The van der Waals surface area contributed by atoms with Crippen LogP contribution in [0.2, 0.25) is 0 Å². The quantitative estimate of drug-likeness (QED) is 0.0322. The summed E-state index contributed by atoms with van der Waals surface area (Å²) in [5.41, 5.74) is 0. The molecule has 0 radical (unpaired) electrons. The van der Waals surface area contributed by atoms with E-state index in [0.717, 1.165) is 44.9 Å². The van der Waals surface area contributed by atoms with Crippen molar-refractivity contribution in [2.45, 2.75) is 302 Å². The van der Waals surface area contributed by atoms with Crippen LogP contribution >= 0.6 is 0 Å². The minimum atomic E-state index is -0.847. The molecular weight excluding hydrogens is 755 g/mol. The van der Waals surface area contributed by atoms with Crippen molar-refractivity contribution in [3.05, 3.63) is 24.3 Å². The molecular formula is C55H105NO5. The second kappa shape index (κ2) is 51.0. The number of allylic oxidation sites excluding steroid dienone is 3. The highest BCUT2D eigenvalue weighted by molar-refractivity contribution is 5.76. The summed E-state index contributed by atoms with van der Waals surface area (Å²) < 4.78 is 5.45. The Hall–Kier alpha value is -1.66. The first-order valence-electron chi connectivity index (χ1n) is 27.1. The first-order chi connectivity index (χ1) is 30.0. The van der Waals surface area contributed by atoms with Crippen LogP contribution in [-0.2, 0) is 14.3 Å². The number of ether oxygens (including phenoxy) is 1. The molecule has 0 spiro atoms. The molecule has 2 atom stereocenters. The lowest BCUT2D eigenvalue weighted by atomic mass is 10.0. The number of unbranched alkanes of at least 4 members (excludes halogenated alkanes) is 37. The van der Waals surface area contributed by atoms with Crippen molar-refractivity contribution in [2.24, 2.45) is 0 Å². The van der Waals surface area contributed by atoms with E-state index in [1.165, 1.54) is 218 Å². The molecule has 0 rings (SSSR count). The van der Waals surface area contributed by atoms with Crippen LogP contribution < -0.4 is 5.32 Å². The SMILES string of the molecule is CCCCC/C=C\CCCCCCCC(=O)OCCCCCCCCCCCCCCCCCCCC(=O)NC(CO)C(O)/C=C/CCCCCCCCCCCCCCC. The Morgan fingerprint density at radius 3 is 1.20 bits per heavy atom. The van der Waals surface area contributed by atoms with E-state index < -0.39 is 12.1 Å². The second-order valence-electron chi connectivity index (χ2n) is 18.6. The highest BCUT2D eigenvalue weighted by Gasteiger charge is 2.18. The number of rotatable bonds is 50. The summed E-state index contributed by atoms with van der Waals surface area (Å²) in [6.45, 7) is 4.87. The van der Waals surface area contributed by atoms with Crippen molar-refractivity contribution >= 4 is 11.9 Å². The lowest BCUT2D eigenvalue weighted by Gasteiger charge is -2.20. The van der Waals surface area contributed by atoms with Crippen LogP contribution in [-0.4, -0.2) is 47.4 Å². The van der Waals surface area contributed by atoms with Crippen molar-refractivity contribution in [3.63, 3.8) is 0 Å². The highest BCUT2D eigenvalue weighted by atomic mass is 16.5. The molecule has 0 heterocycles. The molecule has 0 aliphatic carbocycles. The third kappa shape index (κ3) is 47.7. The van der Waals surface area contributed by atoms with Gasteiger partial charge in [-0.15, -0.1) is 0 Å². The lowest BCUT2D eigenvalue weighted by Crippen LogP contribution is -2.45. The van der Waals surface area contributed by atoms with Gasteiger partial charge in [-0.25, -0.2) is 0 Å². The van der Waals surface area contributed by atoms with E-state index in [2.05, 4.69) is 31.3 Å². The molecule has 6 heteroatoms. The van der Waals surface area contributed by atoms with E-state index in [9.17, 15) is 19.8 Å². The third-order valence-corrected chi connectivity index (χ3v) is 12.5. The van der Waals surface area contributed by atoms with Crippen LogP contribution in [0.4, 0.5) is 0 Å². The second-order valence-corrected chi connectivity index (χ2v) is 18.6. The standard InChI is InChI=1S/C55H105NO5/c1-3-5-7-9-11-13-15-17-21-24-27-31-35-39-43-47-53(58)52(51-57)56-54(59)48-44-40-36-32-28-25-22-19-18-20-23-26-30-34-38-42-46-50-61-55(60)49-45-41-37-33-29-16-14-12-10-8-6-4-2/h12,14,43,47,52-53,57-58H,3-11,13,15-42,44-46,48-51H2,1-2H3,(H,56,59)/b14-12-,47-43+. The molecule has 0 saturated carbocycles. The minimum absolute atomic E-state index is 0.00578. The summed E-state index contributed by atoms with van der Waals surface area (Å²) in [6, 6.07) is -0.631. The first-order valence-corrected chi connectivity index (χ1v) is 27.1. The Morgan fingerprint density at radius 2 is 0.770 bits per heavy atom. The van der Waals surface area contributed by atoms with Crippen LogP contribution in [0.1, 0.15) is 290 Å². The molecule has 0 aromatic heterocycles. The maximum absolute atomic E-state index is 12.4. The molecule has 6 nitrogen and oxygen atoms in total. The molecule has 0 fully saturated rings. The zero-order valence-corrected chi connectivity index (χ0v) is 40.9. The summed E-state index contributed by atoms with van der Waals surface area (Å²) in [6.07, 6.45) is 60.4. The largest absolute Gasteiger partial charge is 0.466 e. The Balaban J connectivity index is 3.45. The van der Waals surface area contributed by atoms with Gasteiger partial charge in [0.25, 0.3) is 0 Å². The Kier molecular flexibility index (Phi) is 49.6. The van der Waals surface area contributed by atoms with Gasteiger partial charge >= 0.3 is 5.97 Å². The van der Waals surface area contributed by atoms with Crippen molar-refractivity contribution < 1.29 is 24.5 Å². The number of esters is 1. The molecule has 0 aromatic carbocycles. The fraction of sp³-hybridized carbons (Fsp3) is 0.891. The molecule has 61 heavy (non-hydrogen) atoms. The minimum Gasteiger partial charge on any atom is -0.466 e. The molecule has 0 bridgehead atoms. The Morgan fingerprint density at radius 1 is 0.443 bits per heavy atom. The molecule has 0 aliphatic heterocycles. The number of hydrogen-bond donors (Lipinski definition) is 3. The van der Waals surface area contributed by atoms with Gasteiger partial charge in [0, 0.05) is 12.8 Å². The van der Waals surface area contributed by atoms with E-state index in [4.69, 9.17) is 4.74 Å². The van der Waals surface area contributed by atoms with Gasteiger partial charge in [-0.3, -0.25) is 9.59 Å². The summed E-state index contributed by atoms with van der Waals surface area (Å²) in [5, 5.41) is 23.1. The maximum Gasteiger partial charge on any atom is 0.305 e. The number of amides is 1. The summed E-state index contributed by atoms with van der Waals surface area (Å²) in [5.74, 6) is -0.0785. The molecule has 0 aliphatic rings. The number of nitrogens with one attached hydrogen (secondary N) is 1. The zero-order valence-electron chi connectivity index (χ0n) is 40.9. The number of aliphatic hydroxyl groups is 2. The van der Waals surface area contributed by atoms with Gasteiger partial charge in [0.15, 0.2) is 0 Å². The zero-order chi connectivity index (χ0) is 44.4. The van der Waals surface area contributed by atoms with Gasteiger partial charge in [-0.1, -0.05) is 244 Å². The molecule has 2 unspecified atom stereocenters. The summed E-state index contributed by atoms with van der Waals surface area (Å²) >= 11 is 0. The fourth-order valence-electron chi connectivity index (χ4n) is 8.27. The number of aliphatic hydroxyl groups excluding tert-OH is 2. The molecule has 0 saturated heterocycles. The van der Waals surface area contributed by atoms with Crippen molar-refractivity contribution in [1.82, 2.24) is 5.32 Å². The number of carbonyl (C=O) groups excluding carboxylic acids is 2. The van der Waals surface area contributed by atoms with Gasteiger partial charge < -0.3 is 20.3 Å². The smallest absolute Gasteiger partial charge is 0.305 e. The first kappa shape index (κ1) is 59.3. The van der Waals surface area contributed by atoms with Crippen LogP contribution in [0.5, 0.6) is 0 Å². The molecule has 1 amide bonds. The fourth-order valence-corrected chi connectivity index (χ4v) is 8.27. The monoisotopic (exact) mass is 860 g/mol. The van der Waals surface area contributed by atoms with Gasteiger partial charge in [0.2, 0.25) is 5.91 Å². The van der Waals surface area contributed by atoms with Gasteiger partial charge in [0.1, 0.15) is 0 Å². The van der Waals surface area contributed by atoms with E-state index in [1.54, 1.807) is 6.08 Å². The Bertz CT molecular complexity index is 951. The Labute approximate surface area is 380 Å². The third-order valence-electron chi connectivity index (χ3n) is 12.5. The van der Waals surface area contributed by atoms with Gasteiger partial charge in [-0.2, -0.15) is 0 Å². The molecule has 360 valence electrons. The van der Waals surface area contributed by atoms with E-state index in [0.29, 0.717) is 19.4 Å². The van der Waals surface area contributed by atoms with Gasteiger partial charge in [-0.05, 0) is 57.8 Å². The molecule has 3 N–H and O–H groups in total. The lowest BCUT2D eigenvalue weighted by molar-refractivity contribution is -0.143. The van der Waals surface area contributed by atoms with Crippen LogP contribution in [0.15, 0.2) is 24.3 Å². The average molecular weight is 860 g/mol. The number of hydrogen-bond acceptors (Lipinski definition) is 5. The summed E-state index contributed by atoms with van der Waals surface area (Å²) in [7, 11) is 0. The normalized spacial score (nSPS) is 12.8. The highest BCUT2D eigenvalue weighted by Crippen LogP contribution is 2.16. The topological polar surface area (TPSA) is 95.9 Å². The van der Waals surface area contributed by atoms with E-state index in [1.807, 2.05) is 6.08 Å². The predicted molar refractivity (Wildman–Crippen MR) is 264 cm³/mol. The molecule has 0 aromatic rings. The van der Waals surface area contributed by atoms with Crippen LogP contribution in [0.25, 0.3) is 0 Å².